The summed E-state index contributed by atoms with van der Waals surface area (Å²) in [7, 11) is 0. The maximum Gasteiger partial charge on any atom is 0.322 e. The average molecular weight is 405 g/mol. The molecule has 0 aliphatic rings. The van der Waals surface area contributed by atoms with E-state index in [-0.39, 0.29) is 17.7 Å². The molecule has 0 radical (unpaired) electrons. The molecule has 10 nitrogen and oxygen atoms in total. The molecule has 0 spiro atoms. The molecule has 152 valence electrons. The zero-order valence-electron chi connectivity index (χ0n) is 15.9. The third-order valence-electron chi connectivity index (χ3n) is 4.37. The number of amides is 1. The molecule has 3 rings (SSSR count). The van der Waals surface area contributed by atoms with Gasteiger partial charge in [0.25, 0.3) is 5.91 Å². The number of benzene rings is 1. The molecule has 2 heterocycles. The molecule has 0 aliphatic heterocycles. The van der Waals surface area contributed by atoms with Crippen molar-refractivity contribution in [2.45, 2.75) is 18.8 Å². The number of carbonyl (C=O) groups excluding carboxylic acids is 1. The molecular weight excluding hydrogens is 386 g/mol. The number of aromatic nitrogens is 4. The van der Waals surface area contributed by atoms with Crippen molar-refractivity contribution in [2.24, 2.45) is 0 Å². The van der Waals surface area contributed by atoms with Crippen LogP contribution in [0.25, 0.3) is 11.2 Å². The van der Waals surface area contributed by atoms with Crippen molar-refractivity contribution in [3.63, 3.8) is 0 Å². The van der Waals surface area contributed by atoms with Gasteiger partial charge in [0.05, 0.1) is 11.9 Å². The Hall–Kier alpha value is -4.26. The molecule has 2 aromatic heterocycles. The maximum atomic E-state index is 12.0. The summed E-state index contributed by atoms with van der Waals surface area (Å²) < 4.78 is 0. The van der Waals surface area contributed by atoms with Crippen LogP contribution in [-0.2, 0) is 11.2 Å². The molecule has 0 saturated heterocycles. The lowest BCUT2D eigenvalue weighted by Crippen LogP contribution is -2.29. The first-order valence-electron chi connectivity index (χ1n) is 8.95. The molecule has 0 saturated carbocycles. The average Bonchev–Trinajstić information content (AvgIpc) is 2.72. The number of nitrogens with one attached hydrogen (secondary N) is 1. The van der Waals surface area contributed by atoms with Crippen LogP contribution in [0, 0.1) is 12.3 Å². The van der Waals surface area contributed by atoms with Crippen LogP contribution in [0.15, 0.2) is 30.5 Å². The summed E-state index contributed by atoms with van der Waals surface area (Å²) in [4.78, 5) is 39.2. The van der Waals surface area contributed by atoms with Gasteiger partial charge >= 0.3 is 5.97 Å². The van der Waals surface area contributed by atoms with Crippen LogP contribution in [-0.4, -0.2) is 43.5 Å². The van der Waals surface area contributed by atoms with Gasteiger partial charge in [-0.2, -0.15) is 9.97 Å². The van der Waals surface area contributed by atoms with Gasteiger partial charge in [-0.25, -0.2) is 9.97 Å². The predicted molar refractivity (Wildman–Crippen MR) is 110 cm³/mol. The molecule has 6 N–H and O–H groups in total. The van der Waals surface area contributed by atoms with E-state index in [0.29, 0.717) is 35.3 Å². The van der Waals surface area contributed by atoms with Crippen molar-refractivity contribution in [3.8, 4) is 12.3 Å². The largest absolute Gasteiger partial charge is 0.480 e. The number of carboxylic acids is 1. The summed E-state index contributed by atoms with van der Waals surface area (Å²) in [6, 6.07) is 6.81. The molecule has 30 heavy (non-hydrogen) atoms. The Kier molecular flexibility index (Phi) is 6.03. The second-order valence-electron chi connectivity index (χ2n) is 6.51. The van der Waals surface area contributed by atoms with Crippen molar-refractivity contribution in [1.82, 2.24) is 25.3 Å². The number of nitrogens with zero attached hydrogens (tertiary/aromatic N) is 4. The lowest BCUT2D eigenvalue weighted by atomic mass is 9.91. The van der Waals surface area contributed by atoms with Crippen LogP contribution in [0.4, 0.5) is 11.8 Å². The summed E-state index contributed by atoms with van der Waals surface area (Å²) >= 11 is 0. The predicted octanol–water partition coefficient (Wildman–Crippen LogP) is 0.748. The van der Waals surface area contributed by atoms with E-state index in [1.54, 1.807) is 30.5 Å². The second kappa shape index (κ2) is 8.83. The lowest BCUT2D eigenvalue weighted by Gasteiger charge is -2.15. The number of carboxylic acid groups (broad SMARTS) is 1. The van der Waals surface area contributed by atoms with Crippen LogP contribution < -0.4 is 16.8 Å². The number of terminal acetylenes is 1. The fourth-order valence-electron chi connectivity index (χ4n) is 2.95. The van der Waals surface area contributed by atoms with Gasteiger partial charge < -0.3 is 21.9 Å². The van der Waals surface area contributed by atoms with E-state index in [4.69, 9.17) is 23.0 Å². The van der Waals surface area contributed by atoms with Gasteiger partial charge in [-0.1, -0.05) is 12.1 Å². The molecule has 1 unspecified atom stereocenters. The number of nitrogen functional groups attached to an aromatic ring is 2. The number of carbonyl (C=O) groups is 2. The van der Waals surface area contributed by atoms with Crippen LogP contribution in [0.3, 0.4) is 0 Å². The van der Waals surface area contributed by atoms with E-state index in [2.05, 4.69) is 31.2 Å². The van der Waals surface area contributed by atoms with Crippen molar-refractivity contribution < 1.29 is 14.7 Å². The summed E-state index contributed by atoms with van der Waals surface area (Å²) in [6.45, 7) is -0.445. The Morgan fingerprint density at radius 2 is 1.90 bits per heavy atom. The molecule has 0 aliphatic carbocycles. The van der Waals surface area contributed by atoms with Crippen LogP contribution in [0.2, 0.25) is 0 Å². The number of anilines is 2. The molecule has 1 amide bonds. The first-order valence-corrected chi connectivity index (χ1v) is 8.95. The van der Waals surface area contributed by atoms with Crippen molar-refractivity contribution in [3.05, 3.63) is 47.3 Å². The zero-order valence-corrected chi connectivity index (χ0v) is 15.9. The minimum Gasteiger partial charge on any atom is -0.480 e. The Morgan fingerprint density at radius 1 is 1.17 bits per heavy atom. The summed E-state index contributed by atoms with van der Waals surface area (Å²) in [6.07, 6.45) is 8.06. The summed E-state index contributed by atoms with van der Waals surface area (Å²) in [5.74, 6) is 1.18. The molecule has 1 aromatic carbocycles. The topological polar surface area (TPSA) is 170 Å². The van der Waals surface area contributed by atoms with Gasteiger partial charge in [0.2, 0.25) is 5.95 Å². The van der Waals surface area contributed by atoms with Gasteiger partial charge in [0.15, 0.2) is 17.0 Å². The molecule has 0 fully saturated rings. The third-order valence-corrected chi connectivity index (χ3v) is 4.37. The van der Waals surface area contributed by atoms with Gasteiger partial charge in [0.1, 0.15) is 6.54 Å². The van der Waals surface area contributed by atoms with Crippen LogP contribution in [0.5, 0.6) is 0 Å². The van der Waals surface area contributed by atoms with E-state index < -0.39 is 18.4 Å². The van der Waals surface area contributed by atoms with Crippen LogP contribution >= 0.6 is 0 Å². The number of hydrogen-bond donors (Lipinski definition) is 4. The maximum absolute atomic E-state index is 12.0. The van der Waals surface area contributed by atoms with Gasteiger partial charge in [-0.05, 0) is 24.1 Å². The van der Waals surface area contributed by atoms with Gasteiger partial charge in [0, 0.05) is 17.9 Å². The first-order chi connectivity index (χ1) is 14.4. The van der Waals surface area contributed by atoms with E-state index in [0.717, 1.165) is 5.56 Å². The van der Waals surface area contributed by atoms with Crippen molar-refractivity contribution in [1.29, 1.82) is 0 Å². The third kappa shape index (κ3) is 4.77. The highest BCUT2D eigenvalue weighted by Crippen LogP contribution is 2.25. The number of aliphatic carboxylic acids is 1. The quantitative estimate of drug-likeness (QED) is 0.414. The van der Waals surface area contributed by atoms with Gasteiger partial charge in [-0.15, -0.1) is 12.3 Å². The Morgan fingerprint density at radius 3 is 2.57 bits per heavy atom. The second-order valence-corrected chi connectivity index (χ2v) is 6.51. The fourth-order valence-corrected chi connectivity index (χ4v) is 2.95. The highest BCUT2D eigenvalue weighted by molar-refractivity contribution is 5.95. The standard InChI is InChI=1S/C20H19N7O3/c1-2-3-13(11-4-6-12(7-5-11)19(30)24-10-15(28)29)8-14-9-23-18-16(25-14)17(21)26-20(22)27-18/h1,4-7,9,13H,3,8,10H2,(H,24,30)(H,28,29)(H4,21,22,23,26,27). The highest BCUT2D eigenvalue weighted by Gasteiger charge is 2.16. The first kappa shape index (κ1) is 20.5. The minimum absolute atomic E-state index is 0.0275. The monoisotopic (exact) mass is 405 g/mol. The summed E-state index contributed by atoms with van der Waals surface area (Å²) in [5, 5.41) is 11.0. The minimum atomic E-state index is -1.11. The van der Waals surface area contributed by atoms with Crippen molar-refractivity contribution >= 4 is 34.8 Å². The molecule has 3 aromatic rings. The number of nitrogens with two attached hydrogens (primary N) is 2. The SMILES string of the molecule is C#CCC(Cc1cnc2nc(N)nc(N)c2n1)c1ccc(C(=O)NCC(=O)O)cc1. The zero-order chi connectivity index (χ0) is 21.7. The normalized spacial score (nSPS) is 11.6. The van der Waals surface area contributed by atoms with E-state index in [1.165, 1.54) is 0 Å². The number of hydrogen-bond acceptors (Lipinski definition) is 8. The number of rotatable bonds is 7. The van der Waals surface area contributed by atoms with E-state index in [1.807, 2.05) is 0 Å². The van der Waals surface area contributed by atoms with Gasteiger partial charge in [-0.3, -0.25) is 9.59 Å². The smallest absolute Gasteiger partial charge is 0.322 e. The molecule has 0 bridgehead atoms. The fraction of sp³-hybridized carbons (Fsp3) is 0.200. The van der Waals surface area contributed by atoms with E-state index in [9.17, 15) is 9.59 Å². The Bertz CT molecular complexity index is 1140. The molecule has 1 atom stereocenters. The van der Waals surface area contributed by atoms with Crippen molar-refractivity contribution in [2.75, 3.05) is 18.0 Å². The lowest BCUT2D eigenvalue weighted by molar-refractivity contribution is -0.135. The Labute approximate surface area is 171 Å². The molecule has 10 heteroatoms. The van der Waals surface area contributed by atoms with E-state index >= 15 is 0 Å². The molecular formula is C20H19N7O3. The Balaban J connectivity index is 1.81. The van der Waals surface area contributed by atoms with Crippen LogP contribution in [0.1, 0.15) is 34.0 Å². The summed E-state index contributed by atoms with van der Waals surface area (Å²) in [5.41, 5.74) is 14.1. The number of fused-ring (bicyclic) bond motifs is 1. The highest BCUT2D eigenvalue weighted by atomic mass is 16.4.